The molecule has 0 saturated heterocycles. The van der Waals surface area contributed by atoms with E-state index < -0.39 is 6.18 Å². The van der Waals surface area contributed by atoms with Crippen LogP contribution in [-0.2, 0) is 4.52 Å². The molecule has 0 amide bonds. The number of rotatable bonds is 5. The van der Waals surface area contributed by atoms with E-state index in [9.17, 15) is 0 Å². The van der Waals surface area contributed by atoms with Crippen LogP contribution >= 0.6 is 17.4 Å². The SMILES string of the molecule is C#CCOP(Cl)(c1ccccc1)(c1ccccc1)c1ccccc1. The predicted molar refractivity (Wildman–Crippen MR) is 106 cm³/mol. The molecule has 0 aliphatic heterocycles. The van der Waals surface area contributed by atoms with E-state index >= 15 is 0 Å². The Kier molecular flexibility index (Phi) is 4.74. The van der Waals surface area contributed by atoms with E-state index in [0.29, 0.717) is 0 Å². The van der Waals surface area contributed by atoms with Gasteiger partial charge in [-0.05, 0) is 0 Å². The normalized spacial score (nSPS) is 12.8. The zero-order valence-electron chi connectivity index (χ0n) is 13.2. The number of benzene rings is 3. The summed E-state index contributed by atoms with van der Waals surface area (Å²) in [6.07, 6.45) is 1.89. The van der Waals surface area contributed by atoms with Crippen LogP contribution in [0.3, 0.4) is 0 Å². The molecule has 3 heteroatoms. The molecule has 3 aromatic rings. The predicted octanol–water partition coefficient (Wildman–Crippen LogP) is 4.23. The number of halogens is 1. The van der Waals surface area contributed by atoms with Crippen LogP contribution in [0.15, 0.2) is 91.0 Å². The maximum atomic E-state index is 7.57. The topological polar surface area (TPSA) is 9.23 Å². The summed E-state index contributed by atoms with van der Waals surface area (Å²) in [6, 6.07) is 29.9. The van der Waals surface area contributed by atoms with Gasteiger partial charge in [0.1, 0.15) is 0 Å². The van der Waals surface area contributed by atoms with Gasteiger partial charge in [0.25, 0.3) is 0 Å². The molecule has 0 saturated carbocycles. The Morgan fingerprint density at radius 1 is 0.708 bits per heavy atom. The first-order valence-corrected chi connectivity index (χ1v) is 10.7. The third kappa shape index (κ3) is 2.64. The minimum atomic E-state index is -3.62. The average Bonchev–Trinajstić information content (AvgIpc) is 2.68. The molecule has 0 aromatic heterocycles. The number of hydrogen-bond acceptors (Lipinski definition) is 1. The van der Waals surface area contributed by atoms with Gasteiger partial charge in [0.2, 0.25) is 0 Å². The Morgan fingerprint density at radius 3 is 1.33 bits per heavy atom. The summed E-state index contributed by atoms with van der Waals surface area (Å²) in [5.41, 5.74) is 0. The van der Waals surface area contributed by atoms with Gasteiger partial charge in [-0.3, -0.25) is 0 Å². The quantitative estimate of drug-likeness (QED) is 0.493. The summed E-state index contributed by atoms with van der Waals surface area (Å²) in [4.78, 5) is 0. The van der Waals surface area contributed by atoms with Crippen LogP contribution in [0.5, 0.6) is 0 Å². The van der Waals surface area contributed by atoms with Crippen molar-refractivity contribution in [2.24, 2.45) is 0 Å². The van der Waals surface area contributed by atoms with Crippen molar-refractivity contribution < 1.29 is 4.52 Å². The molecular weight excluding hydrogens is 335 g/mol. The van der Waals surface area contributed by atoms with Crippen LogP contribution in [0.4, 0.5) is 0 Å². The van der Waals surface area contributed by atoms with Crippen molar-refractivity contribution >= 4 is 33.3 Å². The fraction of sp³-hybridized carbons (Fsp3) is 0.0476. The molecule has 120 valence electrons. The van der Waals surface area contributed by atoms with Gasteiger partial charge in [-0.2, -0.15) is 0 Å². The molecule has 0 N–H and O–H groups in total. The summed E-state index contributed by atoms with van der Waals surface area (Å²) in [6.45, 7) is 0.139. The van der Waals surface area contributed by atoms with E-state index in [1.807, 2.05) is 91.0 Å². The zero-order chi connectivity index (χ0) is 16.9. The second-order valence-electron chi connectivity index (χ2n) is 5.42. The summed E-state index contributed by atoms with van der Waals surface area (Å²) in [7, 11) is 0. The summed E-state index contributed by atoms with van der Waals surface area (Å²) < 4.78 is 6.38. The fourth-order valence-corrected chi connectivity index (χ4v) is 7.85. The second kappa shape index (κ2) is 6.80. The molecule has 3 rings (SSSR count). The van der Waals surface area contributed by atoms with Crippen LogP contribution in [0.2, 0.25) is 0 Å². The first kappa shape index (κ1) is 16.7. The van der Waals surface area contributed by atoms with Crippen molar-refractivity contribution in [3.63, 3.8) is 0 Å². The van der Waals surface area contributed by atoms with Crippen molar-refractivity contribution in [3.8, 4) is 12.3 Å². The van der Waals surface area contributed by atoms with Crippen LogP contribution in [0.25, 0.3) is 0 Å². The molecule has 0 spiro atoms. The van der Waals surface area contributed by atoms with E-state index in [1.165, 1.54) is 0 Å². The van der Waals surface area contributed by atoms with Crippen molar-refractivity contribution in [3.05, 3.63) is 91.0 Å². The van der Waals surface area contributed by atoms with Crippen molar-refractivity contribution in [2.75, 3.05) is 6.61 Å². The Hall–Kier alpha value is -2.10. The maximum absolute atomic E-state index is 7.57. The van der Waals surface area contributed by atoms with Gasteiger partial charge in [0.05, 0.1) is 0 Å². The average molecular weight is 353 g/mol. The zero-order valence-corrected chi connectivity index (χ0v) is 14.8. The van der Waals surface area contributed by atoms with Crippen LogP contribution in [0.1, 0.15) is 0 Å². The van der Waals surface area contributed by atoms with E-state index in [-0.39, 0.29) is 6.61 Å². The Balaban J connectivity index is 2.40. The minimum absolute atomic E-state index is 0.139. The standard InChI is InChI=1S/C21H18ClOP/c1-2-18-23-24(22,19-12-6-3-7-13-19,20-14-8-4-9-15-20)21-16-10-5-11-17-21/h1,3-17H,18H2. The number of hydrogen-bond donors (Lipinski definition) is 0. The Labute approximate surface area is 148 Å². The molecule has 0 aliphatic rings. The monoisotopic (exact) mass is 352 g/mol. The third-order valence-electron chi connectivity index (χ3n) is 4.04. The fourth-order valence-electron chi connectivity index (χ4n) is 2.91. The van der Waals surface area contributed by atoms with Gasteiger partial charge in [-0.15, -0.1) is 0 Å². The van der Waals surface area contributed by atoms with E-state index in [1.54, 1.807) is 0 Å². The molecule has 0 bridgehead atoms. The van der Waals surface area contributed by atoms with Gasteiger partial charge in [-0.1, -0.05) is 0 Å². The molecule has 0 fully saturated rings. The second-order valence-corrected chi connectivity index (χ2v) is 11.0. The van der Waals surface area contributed by atoms with Gasteiger partial charge in [-0.25, -0.2) is 0 Å². The molecule has 0 heterocycles. The summed E-state index contributed by atoms with van der Waals surface area (Å²) in [5, 5.41) is 2.83. The van der Waals surface area contributed by atoms with E-state index in [0.717, 1.165) is 15.9 Å². The molecule has 3 aromatic carbocycles. The van der Waals surface area contributed by atoms with Gasteiger partial charge in [0, 0.05) is 0 Å². The van der Waals surface area contributed by atoms with Crippen molar-refractivity contribution in [1.82, 2.24) is 0 Å². The molecule has 24 heavy (non-hydrogen) atoms. The number of terminal acetylenes is 1. The summed E-state index contributed by atoms with van der Waals surface area (Å²) >= 11 is 7.57. The third-order valence-corrected chi connectivity index (χ3v) is 10.4. The first-order valence-electron chi connectivity index (χ1n) is 7.69. The Morgan fingerprint density at radius 2 is 1.04 bits per heavy atom. The van der Waals surface area contributed by atoms with E-state index in [2.05, 4.69) is 5.92 Å². The molecule has 0 radical (unpaired) electrons. The van der Waals surface area contributed by atoms with Crippen molar-refractivity contribution in [1.29, 1.82) is 0 Å². The van der Waals surface area contributed by atoms with Crippen LogP contribution in [-0.4, -0.2) is 6.61 Å². The first-order chi connectivity index (χ1) is 11.7. The molecule has 0 atom stereocenters. The molecule has 0 aliphatic carbocycles. The van der Waals surface area contributed by atoms with Gasteiger partial charge >= 0.3 is 148 Å². The van der Waals surface area contributed by atoms with Crippen LogP contribution in [0, 0.1) is 12.3 Å². The molecule has 1 nitrogen and oxygen atoms in total. The van der Waals surface area contributed by atoms with E-state index in [4.69, 9.17) is 22.2 Å². The molecule has 0 unspecified atom stereocenters. The van der Waals surface area contributed by atoms with Crippen LogP contribution < -0.4 is 15.9 Å². The Bertz CT molecular complexity index is 742. The van der Waals surface area contributed by atoms with Gasteiger partial charge < -0.3 is 0 Å². The molecular formula is C21H18ClOP. The summed E-state index contributed by atoms with van der Waals surface area (Å²) in [5.74, 6) is 2.58. The van der Waals surface area contributed by atoms with Gasteiger partial charge in [0.15, 0.2) is 0 Å². The van der Waals surface area contributed by atoms with Crippen molar-refractivity contribution in [2.45, 2.75) is 0 Å².